The van der Waals surface area contributed by atoms with Crippen LogP contribution in [0.25, 0.3) is 0 Å². The zero-order valence-corrected chi connectivity index (χ0v) is 10.6. The van der Waals surface area contributed by atoms with Crippen LogP contribution < -0.4 is 10.6 Å². The molecule has 88 valence electrons. The molecule has 0 saturated heterocycles. The van der Waals surface area contributed by atoms with E-state index in [9.17, 15) is 4.79 Å². The van der Waals surface area contributed by atoms with Gasteiger partial charge in [-0.05, 0) is 44.1 Å². The number of aromatic nitrogens is 1. The zero-order chi connectivity index (χ0) is 11.7. The fourth-order valence-electron chi connectivity index (χ4n) is 1.80. The molecule has 2 N–H and O–H groups in total. The monoisotopic (exact) mass is 239 g/mol. The molecular weight excluding hydrogens is 222 g/mol. The van der Waals surface area contributed by atoms with Gasteiger partial charge in [0, 0.05) is 13.1 Å². The topological polar surface area (TPSA) is 54.0 Å². The van der Waals surface area contributed by atoms with Crippen molar-refractivity contribution in [3.05, 3.63) is 11.3 Å². The number of rotatable bonds is 4. The van der Waals surface area contributed by atoms with E-state index in [2.05, 4.69) is 21.9 Å². The second-order valence-corrected chi connectivity index (χ2v) is 5.10. The Bertz CT molecular complexity index is 398. The van der Waals surface area contributed by atoms with E-state index in [1.165, 1.54) is 24.4 Å². The Morgan fingerprint density at radius 1 is 1.56 bits per heavy atom. The minimum atomic E-state index is -0.00463. The first-order valence-corrected chi connectivity index (χ1v) is 6.35. The number of amides is 1. The molecule has 1 aromatic heterocycles. The lowest BCUT2D eigenvalue weighted by molar-refractivity contribution is 0.0936. The molecular formula is C11H17N3OS. The molecule has 0 bridgehead atoms. The highest BCUT2D eigenvalue weighted by Crippen LogP contribution is 2.33. The quantitative estimate of drug-likeness (QED) is 0.845. The van der Waals surface area contributed by atoms with Gasteiger partial charge in [0.1, 0.15) is 5.00 Å². The van der Waals surface area contributed by atoms with Crippen molar-refractivity contribution in [3.8, 4) is 0 Å². The Morgan fingerprint density at radius 3 is 2.81 bits per heavy atom. The van der Waals surface area contributed by atoms with Gasteiger partial charge in [-0.25, -0.2) is 0 Å². The average Bonchev–Trinajstić information content (AvgIpc) is 3.02. The first kappa shape index (κ1) is 11.4. The van der Waals surface area contributed by atoms with Gasteiger partial charge in [-0.15, -0.1) is 0 Å². The summed E-state index contributed by atoms with van der Waals surface area (Å²) in [7, 11) is 1.81. The van der Waals surface area contributed by atoms with E-state index >= 15 is 0 Å². The Kier molecular flexibility index (Phi) is 3.14. The Balaban J connectivity index is 2.09. The summed E-state index contributed by atoms with van der Waals surface area (Å²) in [4.78, 5) is 12.1. The van der Waals surface area contributed by atoms with E-state index < -0.39 is 0 Å². The van der Waals surface area contributed by atoms with Gasteiger partial charge >= 0.3 is 0 Å². The summed E-state index contributed by atoms with van der Waals surface area (Å²) >= 11 is 1.33. The Labute approximate surface area is 99.6 Å². The number of aryl methyl sites for hydroxylation is 1. The van der Waals surface area contributed by atoms with Crippen LogP contribution in [-0.4, -0.2) is 23.4 Å². The molecule has 1 fully saturated rings. The van der Waals surface area contributed by atoms with Gasteiger partial charge in [-0.1, -0.05) is 0 Å². The minimum Gasteiger partial charge on any atom is -0.378 e. The molecule has 0 aliphatic heterocycles. The molecule has 1 saturated carbocycles. The maximum Gasteiger partial charge on any atom is 0.256 e. The van der Waals surface area contributed by atoms with Gasteiger partial charge in [-0.3, -0.25) is 4.79 Å². The molecule has 5 heteroatoms. The summed E-state index contributed by atoms with van der Waals surface area (Å²) in [5.74, 6) is 0.670. The van der Waals surface area contributed by atoms with Crippen molar-refractivity contribution in [2.75, 3.05) is 12.4 Å². The van der Waals surface area contributed by atoms with Gasteiger partial charge in [-0.2, -0.15) is 4.37 Å². The highest BCUT2D eigenvalue weighted by Gasteiger charge is 2.30. The lowest BCUT2D eigenvalue weighted by Crippen LogP contribution is -2.34. The van der Waals surface area contributed by atoms with Gasteiger partial charge < -0.3 is 10.6 Å². The van der Waals surface area contributed by atoms with Crippen molar-refractivity contribution in [1.82, 2.24) is 9.69 Å². The zero-order valence-electron chi connectivity index (χ0n) is 9.83. The summed E-state index contributed by atoms with van der Waals surface area (Å²) in [5, 5.41) is 6.90. The fourth-order valence-corrected chi connectivity index (χ4v) is 2.54. The molecule has 0 aromatic carbocycles. The predicted molar refractivity (Wildman–Crippen MR) is 66.0 cm³/mol. The number of nitrogens with one attached hydrogen (secondary N) is 2. The maximum absolute atomic E-state index is 12.1. The van der Waals surface area contributed by atoms with Gasteiger partial charge in [0.25, 0.3) is 5.91 Å². The van der Waals surface area contributed by atoms with Crippen molar-refractivity contribution in [3.63, 3.8) is 0 Å². The number of anilines is 1. The normalized spacial score (nSPS) is 16.9. The number of hydrogen-bond donors (Lipinski definition) is 2. The third kappa shape index (κ3) is 2.19. The summed E-state index contributed by atoms with van der Waals surface area (Å²) in [6.45, 7) is 3.94. The van der Waals surface area contributed by atoms with Crippen LogP contribution >= 0.6 is 11.5 Å². The third-order valence-electron chi connectivity index (χ3n) is 3.00. The molecule has 0 spiro atoms. The van der Waals surface area contributed by atoms with Gasteiger partial charge in [0.15, 0.2) is 0 Å². The SMILES string of the molecule is CNc1snc(C)c1C(=O)NC(C)C1CC1. The maximum atomic E-state index is 12.1. The summed E-state index contributed by atoms with van der Waals surface area (Å²) < 4.78 is 4.19. The molecule has 16 heavy (non-hydrogen) atoms. The van der Waals surface area contributed by atoms with E-state index in [-0.39, 0.29) is 11.9 Å². The minimum absolute atomic E-state index is 0.00463. The lowest BCUT2D eigenvalue weighted by atomic mass is 10.2. The summed E-state index contributed by atoms with van der Waals surface area (Å²) in [6.07, 6.45) is 2.47. The highest BCUT2D eigenvalue weighted by molar-refractivity contribution is 7.10. The van der Waals surface area contributed by atoms with Crippen LogP contribution in [0, 0.1) is 12.8 Å². The first-order valence-electron chi connectivity index (χ1n) is 5.58. The van der Waals surface area contributed by atoms with Crippen LogP contribution in [0.4, 0.5) is 5.00 Å². The molecule has 1 heterocycles. The molecule has 4 nitrogen and oxygen atoms in total. The van der Waals surface area contributed by atoms with E-state index in [0.29, 0.717) is 11.5 Å². The second-order valence-electron chi connectivity index (χ2n) is 4.32. The molecule has 2 rings (SSSR count). The smallest absolute Gasteiger partial charge is 0.256 e. The van der Waals surface area contributed by atoms with Crippen molar-refractivity contribution in [2.45, 2.75) is 32.7 Å². The van der Waals surface area contributed by atoms with E-state index in [1.807, 2.05) is 14.0 Å². The largest absolute Gasteiger partial charge is 0.378 e. The number of nitrogens with zero attached hydrogens (tertiary/aromatic N) is 1. The first-order chi connectivity index (χ1) is 7.63. The lowest BCUT2D eigenvalue weighted by Gasteiger charge is -2.13. The molecule has 1 unspecified atom stereocenters. The Morgan fingerprint density at radius 2 is 2.25 bits per heavy atom. The van der Waals surface area contributed by atoms with E-state index in [0.717, 1.165) is 10.7 Å². The summed E-state index contributed by atoms with van der Waals surface area (Å²) in [6, 6.07) is 0.275. The van der Waals surface area contributed by atoms with Crippen LogP contribution in [0.2, 0.25) is 0 Å². The average molecular weight is 239 g/mol. The second kappa shape index (κ2) is 4.41. The third-order valence-corrected chi connectivity index (χ3v) is 3.96. The van der Waals surface area contributed by atoms with Crippen molar-refractivity contribution in [2.24, 2.45) is 5.92 Å². The summed E-state index contributed by atoms with van der Waals surface area (Å²) in [5.41, 5.74) is 1.50. The van der Waals surface area contributed by atoms with E-state index in [1.54, 1.807) is 0 Å². The van der Waals surface area contributed by atoms with Crippen LogP contribution in [-0.2, 0) is 0 Å². The molecule has 1 amide bonds. The van der Waals surface area contributed by atoms with Crippen molar-refractivity contribution < 1.29 is 4.79 Å². The van der Waals surface area contributed by atoms with Gasteiger partial charge in [0.05, 0.1) is 11.3 Å². The number of hydrogen-bond acceptors (Lipinski definition) is 4. The molecule has 0 radical (unpaired) electrons. The standard InChI is InChI=1S/C11H17N3OS/c1-6(8-4-5-8)13-10(15)9-7(2)14-16-11(9)12-3/h6,8,12H,4-5H2,1-3H3,(H,13,15). The van der Waals surface area contributed by atoms with Crippen LogP contribution in [0.1, 0.15) is 35.8 Å². The highest BCUT2D eigenvalue weighted by atomic mass is 32.1. The van der Waals surface area contributed by atoms with Crippen LogP contribution in [0.15, 0.2) is 0 Å². The van der Waals surface area contributed by atoms with Crippen LogP contribution in [0.5, 0.6) is 0 Å². The van der Waals surface area contributed by atoms with Crippen molar-refractivity contribution in [1.29, 1.82) is 0 Å². The van der Waals surface area contributed by atoms with E-state index in [4.69, 9.17) is 0 Å². The molecule has 1 atom stereocenters. The fraction of sp³-hybridized carbons (Fsp3) is 0.636. The van der Waals surface area contributed by atoms with Gasteiger partial charge in [0.2, 0.25) is 0 Å². The Hall–Kier alpha value is -1.10. The van der Waals surface area contributed by atoms with Crippen LogP contribution in [0.3, 0.4) is 0 Å². The molecule has 1 aliphatic rings. The molecule has 1 aliphatic carbocycles. The number of carbonyl (C=O) groups is 1. The van der Waals surface area contributed by atoms with Crippen molar-refractivity contribution >= 4 is 22.4 Å². The predicted octanol–water partition coefficient (Wildman–Crippen LogP) is 2.02. The molecule has 1 aromatic rings. The number of carbonyl (C=O) groups excluding carboxylic acids is 1.